The van der Waals surface area contributed by atoms with Gasteiger partial charge in [-0.15, -0.1) is 11.3 Å². The topological polar surface area (TPSA) is 61.9 Å². The first-order valence-electron chi connectivity index (χ1n) is 9.94. The lowest BCUT2D eigenvalue weighted by molar-refractivity contribution is 0.331. The number of benzene rings is 1. The van der Waals surface area contributed by atoms with Crippen molar-refractivity contribution in [3.8, 4) is 22.6 Å². The predicted molar refractivity (Wildman–Crippen MR) is 118 cm³/mol. The van der Waals surface area contributed by atoms with Crippen LogP contribution < -0.4 is 5.56 Å². The van der Waals surface area contributed by atoms with Crippen LogP contribution in [-0.2, 0) is 6.54 Å². The first-order chi connectivity index (χ1) is 14.2. The second-order valence-corrected chi connectivity index (χ2v) is 8.47. The molecule has 0 atom stereocenters. The van der Waals surface area contributed by atoms with Gasteiger partial charge in [0.2, 0.25) is 0 Å². The number of hydrogen-bond donors (Lipinski definition) is 1. The van der Waals surface area contributed by atoms with Gasteiger partial charge in [-0.25, -0.2) is 4.98 Å². The lowest BCUT2D eigenvalue weighted by Crippen LogP contribution is -2.18. The molecule has 1 aliphatic rings. The zero-order valence-corrected chi connectivity index (χ0v) is 17.1. The molecule has 0 saturated carbocycles. The summed E-state index contributed by atoms with van der Waals surface area (Å²) in [5, 5.41) is 2.05. The predicted octanol–water partition coefficient (Wildman–Crippen LogP) is 4.62. The van der Waals surface area contributed by atoms with Gasteiger partial charge in [-0.1, -0.05) is 18.2 Å². The highest BCUT2D eigenvalue weighted by atomic mass is 32.1. The molecule has 1 aliphatic heterocycles. The number of aryl methyl sites for hydroxylation is 1. The third-order valence-corrected chi connectivity index (χ3v) is 6.50. The van der Waals surface area contributed by atoms with Crippen LogP contribution in [0.25, 0.3) is 32.9 Å². The van der Waals surface area contributed by atoms with E-state index in [1.54, 1.807) is 6.20 Å². The Hall–Kier alpha value is -2.83. The number of aromatic nitrogens is 3. The molecule has 0 amide bonds. The van der Waals surface area contributed by atoms with Crippen LogP contribution in [0.1, 0.15) is 24.0 Å². The van der Waals surface area contributed by atoms with Gasteiger partial charge in [-0.3, -0.25) is 14.7 Å². The summed E-state index contributed by atoms with van der Waals surface area (Å²) < 4.78 is 0.657. The Labute approximate surface area is 173 Å². The molecule has 1 aromatic carbocycles. The Bertz CT molecular complexity index is 1220. The molecule has 6 heteroatoms. The van der Waals surface area contributed by atoms with E-state index in [1.807, 2.05) is 18.2 Å². The van der Waals surface area contributed by atoms with Gasteiger partial charge >= 0.3 is 0 Å². The normalized spacial score (nSPS) is 14.7. The van der Waals surface area contributed by atoms with Crippen molar-refractivity contribution in [1.29, 1.82) is 0 Å². The lowest BCUT2D eigenvalue weighted by atomic mass is 9.99. The molecule has 1 N–H and O–H groups in total. The summed E-state index contributed by atoms with van der Waals surface area (Å²) in [6.07, 6.45) is 4.29. The van der Waals surface area contributed by atoms with Gasteiger partial charge in [0.05, 0.1) is 5.52 Å². The maximum atomic E-state index is 12.7. The van der Waals surface area contributed by atoms with Crippen LogP contribution in [0.5, 0.6) is 0 Å². The molecule has 4 aromatic rings. The summed E-state index contributed by atoms with van der Waals surface area (Å²) >= 11 is 1.45. The van der Waals surface area contributed by atoms with Crippen LogP contribution in [-0.4, -0.2) is 32.9 Å². The molecule has 0 spiro atoms. The molecule has 0 bridgehead atoms. The maximum Gasteiger partial charge on any atom is 0.269 e. The molecule has 3 aromatic heterocycles. The molecule has 5 nitrogen and oxygen atoms in total. The van der Waals surface area contributed by atoms with E-state index in [-0.39, 0.29) is 5.56 Å². The van der Waals surface area contributed by atoms with E-state index in [9.17, 15) is 4.79 Å². The first kappa shape index (κ1) is 18.2. The zero-order valence-electron chi connectivity index (χ0n) is 16.3. The summed E-state index contributed by atoms with van der Waals surface area (Å²) in [5.74, 6) is 0.508. The average Bonchev–Trinajstić information content (AvgIpc) is 3.40. The molecule has 0 radical (unpaired) electrons. The van der Waals surface area contributed by atoms with Crippen molar-refractivity contribution >= 4 is 21.6 Å². The number of likely N-dealkylation sites (tertiary alicyclic amines) is 1. The van der Waals surface area contributed by atoms with E-state index in [1.165, 1.54) is 48.4 Å². The number of H-pyrrole nitrogens is 1. The fourth-order valence-corrected chi connectivity index (χ4v) is 4.90. The highest BCUT2D eigenvalue weighted by Gasteiger charge is 2.17. The van der Waals surface area contributed by atoms with Crippen LogP contribution in [0.4, 0.5) is 0 Å². The fraction of sp³-hybridized carbons (Fsp3) is 0.261. The van der Waals surface area contributed by atoms with Gasteiger partial charge in [0.25, 0.3) is 5.56 Å². The van der Waals surface area contributed by atoms with Crippen molar-refractivity contribution in [1.82, 2.24) is 19.9 Å². The number of nitrogens with zero attached hydrogens (tertiary/aromatic N) is 3. The van der Waals surface area contributed by atoms with Crippen molar-refractivity contribution in [2.75, 3.05) is 13.1 Å². The maximum absolute atomic E-state index is 12.7. The van der Waals surface area contributed by atoms with Crippen LogP contribution in [0.15, 0.2) is 52.8 Å². The van der Waals surface area contributed by atoms with E-state index >= 15 is 0 Å². The molecule has 1 saturated heterocycles. The van der Waals surface area contributed by atoms with E-state index in [0.717, 1.165) is 23.2 Å². The van der Waals surface area contributed by atoms with Gasteiger partial charge < -0.3 is 4.98 Å². The molecule has 4 heterocycles. The average molecular weight is 403 g/mol. The van der Waals surface area contributed by atoms with Gasteiger partial charge in [-0.2, -0.15) is 0 Å². The van der Waals surface area contributed by atoms with Crippen molar-refractivity contribution in [3.63, 3.8) is 0 Å². The molecular formula is C23H22N4OS. The van der Waals surface area contributed by atoms with E-state index < -0.39 is 0 Å². The SMILES string of the molecule is Cc1ccc(CN2CCCC2)cc1-c1csc2c(=O)[nH]c(-c3ccccn3)nc12. The van der Waals surface area contributed by atoms with E-state index in [2.05, 4.69) is 45.4 Å². The van der Waals surface area contributed by atoms with Gasteiger partial charge in [-0.05, 0) is 67.7 Å². The Morgan fingerprint density at radius 3 is 2.79 bits per heavy atom. The number of fused-ring (bicyclic) bond motifs is 1. The molecule has 5 rings (SSSR count). The first-order valence-corrected chi connectivity index (χ1v) is 10.8. The number of rotatable bonds is 4. The summed E-state index contributed by atoms with van der Waals surface area (Å²) in [6.45, 7) is 5.44. The minimum absolute atomic E-state index is 0.113. The highest BCUT2D eigenvalue weighted by molar-refractivity contribution is 7.17. The van der Waals surface area contributed by atoms with E-state index in [4.69, 9.17) is 4.98 Å². The monoisotopic (exact) mass is 402 g/mol. The van der Waals surface area contributed by atoms with Crippen molar-refractivity contribution < 1.29 is 0 Å². The number of thiophene rings is 1. The van der Waals surface area contributed by atoms with Crippen LogP contribution >= 0.6 is 11.3 Å². The fourth-order valence-electron chi connectivity index (χ4n) is 4.00. The van der Waals surface area contributed by atoms with Gasteiger partial charge in [0.1, 0.15) is 10.4 Å². The van der Waals surface area contributed by atoms with Crippen molar-refractivity contribution in [2.24, 2.45) is 0 Å². The van der Waals surface area contributed by atoms with E-state index in [0.29, 0.717) is 16.2 Å². The number of hydrogen-bond acceptors (Lipinski definition) is 5. The second kappa shape index (κ2) is 7.54. The Morgan fingerprint density at radius 2 is 2.00 bits per heavy atom. The third-order valence-electron chi connectivity index (χ3n) is 5.53. The summed E-state index contributed by atoms with van der Waals surface area (Å²) in [5.41, 5.74) is 5.98. The number of nitrogens with one attached hydrogen (secondary N) is 1. The van der Waals surface area contributed by atoms with Gasteiger partial charge in [0, 0.05) is 23.7 Å². The summed E-state index contributed by atoms with van der Waals surface area (Å²) in [4.78, 5) is 27.2. The van der Waals surface area contributed by atoms with Gasteiger partial charge in [0.15, 0.2) is 5.82 Å². The summed E-state index contributed by atoms with van der Waals surface area (Å²) in [6, 6.07) is 12.3. The molecular weight excluding hydrogens is 380 g/mol. The number of pyridine rings is 1. The smallest absolute Gasteiger partial charge is 0.269 e. The minimum atomic E-state index is -0.113. The summed E-state index contributed by atoms with van der Waals surface area (Å²) in [7, 11) is 0. The Morgan fingerprint density at radius 1 is 1.14 bits per heavy atom. The zero-order chi connectivity index (χ0) is 19.8. The van der Waals surface area contributed by atoms with Crippen LogP contribution in [0.2, 0.25) is 0 Å². The molecule has 0 unspecified atom stereocenters. The minimum Gasteiger partial charge on any atom is -0.304 e. The third kappa shape index (κ3) is 3.50. The van der Waals surface area contributed by atoms with Crippen molar-refractivity contribution in [3.05, 3.63) is 69.5 Å². The molecule has 1 fully saturated rings. The molecule has 29 heavy (non-hydrogen) atoms. The molecule has 146 valence electrons. The molecule has 0 aliphatic carbocycles. The second-order valence-electron chi connectivity index (χ2n) is 7.59. The quantitative estimate of drug-likeness (QED) is 0.541. The largest absolute Gasteiger partial charge is 0.304 e. The van der Waals surface area contributed by atoms with Crippen LogP contribution in [0, 0.1) is 6.92 Å². The Kier molecular flexibility index (Phi) is 4.73. The van der Waals surface area contributed by atoms with Crippen LogP contribution in [0.3, 0.4) is 0 Å². The highest BCUT2D eigenvalue weighted by Crippen LogP contribution is 2.34. The van der Waals surface area contributed by atoms with Crippen molar-refractivity contribution in [2.45, 2.75) is 26.3 Å². The number of aromatic amines is 1. The lowest BCUT2D eigenvalue weighted by Gasteiger charge is -2.16. The standard InChI is InChI=1S/C23H22N4OS/c1-15-7-8-16(13-27-10-4-5-11-27)12-17(15)18-14-29-21-20(18)25-22(26-23(21)28)19-6-2-3-9-24-19/h2-3,6-9,12,14H,4-5,10-11,13H2,1H3,(H,25,26,28). The Balaban J connectivity index is 1.61.